The highest BCUT2D eigenvalue weighted by molar-refractivity contribution is 7.99. The molecule has 1 saturated heterocycles. The summed E-state index contributed by atoms with van der Waals surface area (Å²) in [6, 6.07) is 9.96. The minimum atomic E-state index is -2.31. The Balaban J connectivity index is 1.09. The minimum Gasteiger partial charge on any atom is -0.302 e. The highest BCUT2D eigenvalue weighted by Gasteiger charge is 2.26. The van der Waals surface area contributed by atoms with Crippen molar-refractivity contribution in [1.82, 2.24) is 29.7 Å². The van der Waals surface area contributed by atoms with Gasteiger partial charge in [0.05, 0.1) is 22.5 Å². The summed E-state index contributed by atoms with van der Waals surface area (Å²) in [5, 5.41) is 17.5. The first-order valence-electron chi connectivity index (χ1n) is 12.1. The lowest BCUT2D eigenvalue weighted by Gasteiger charge is -2.31. The van der Waals surface area contributed by atoms with Crippen molar-refractivity contribution in [3.63, 3.8) is 0 Å². The van der Waals surface area contributed by atoms with E-state index >= 15 is 0 Å². The van der Waals surface area contributed by atoms with Gasteiger partial charge < -0.3 is 5.32 Å². The van der Waals surface area contributed by atoms with Crippen LogP contribution in [0.3, 0.4) is 0 Å². The first-order valence-corrected chi connectivity index (χ1v) is 13.7. The Bertz CT molecular complexity index is 1400. The average Bonchev–Trinajstić information content (AvgIpc) is 3.52. The van der Waals surface area contributed by atoms with Crippen molar-refractivity contribution in [2.45, 2.75) is 54.5 Å². The molecule has 0 unspecified atom stereocenters. The number of amides is 1. The number of piperidine rings is 1. The van der Waals surface area contributed by atoms with E-state index in [0.29, 0.717) is 35.7 Å². The number of thiazole rings is 1. The molecule has 8 nitrogen and oxygen atoms in total. The molecule has 0 atom stereocenters. The number of benzene rings is 1. The van der Waals surface area contributed by atoms with Crippen molar-refractivity contribution in [3.8, 4) is 0 Å². The number of halogens is 2. The highest BCUT2D eigenvalue weighted by Crippen LogP contribution is 2.39. The SMILES string of the molecule is O=C(CC1CCN(CC(F)F)CC1)Nc1nc2ccc(Sc3nnc4ccc(C5CC5)nn34)cc2s1. The van der Waals surface area contributed by atoms with Gasteiger partial charge in [-0.2, -0.15) is 9.61 Å². The third-order valence-electron chi connectivity index (χ3n) is 6.64. The number of anilines is 1. The lowest BCUT2D eigenvalue weighted by molar-refractivity contribution is -0.117. The fourth-order valence-electron chi connectivity index (χ4n) is 4.57. The van der Waals surface area contributed by atoms with Gasteiger partial charge in [0, 0.05) is 17.2 Å². The van der Waals surface area contributed by atoms with Crippen LogP contribution in [0, 0.1) is 5.92 Å². The molecule has 1 aromatic carbocycles. The lowest BCUT2D eigenvalue weighted by atomic mass is 9.93. The normalized spacial score (nSPS) is 17.4. The van der Waals surface area contributed by atoms with E-state index in [1.165, 1.54) is 35.9 Å². The molecule has 0 spiro atoms. The fraction of sp³-hybridized carbons (Fsp3) is 0.458. The van der Waals surface area contributed by atoms with E-state index < -0.39 is 6.43 Å². The number of likely N-dealkylation sites (tertiary alicyclic amines) is 1. The average molecular weight is 530 g/mol. The highest BCUT2D eigenvalue weighted by atomic mass is 32.2. The van der Waals surface area contributed by atoms with Crippen LogP contribution in [0.5, 0.6) is 0 Å². The number of rotatable bonds is 8. The number of carbonyl (C=O) groups is 1. The van der Waals surface area contributed by atoms with Crippen molar-refractivity contribution >= 4 is 50.0 Å². The van der Waals surface area contributed by atoms with E-state index in [1.807, 2.05) is 30.3 Å². The summed E-state index contributed by atoms with van der Waals surface area (Å²) in [5.41, 5.74) is 2.63. The quantitative estimate of drug-likeness (QED) is 0.341. The molecule has 2 aliphatic rings. The number of fused-ring (bicyclic) bond motifs is 2. The maximum atomic E-state index is 12.6. The Morgan fingerprint density at radius 3 is 2.75 bits per heavy atom. The standard InChI is InChI=1S/C24H25F2N7OS2/c25-20(26)13-32-9-7-14(8-10-32)11-22(34)28-23-27-18-4-3-16(12-19(18)36-23)35-24-30-29-21-6-5-17(15-1-2-15)31-33(21)24/h3-6,12,14-15,20H,1-2,7-11,13H2,(H,27,28,34). The summed E-state index contributed by atoms with van der Waals surface area (Å²) in [6.07, 6.45) is 1.96. The minimum absolute atomic E-state index is 0.0802. The van der Waals surface area contributed by atoms with Crippen LogP contribution in [0.15, 0.2) is 40.4 Å². The van der Waals surface area contributed by atoms with Gasteiger partial charge in [0.25, 0.3) is 6.43 Å². The van der Waals surface area contributed by atoms with Gasteiger partial charge in [0.2, 0.25) is 11.1 Å². The van der Waals surface area contributed by atoms with E-state index in [-0.39, 0.29) is 18.4 Å². The van der Waals surface area contributed by atoms with Crippen LogP contribution in [0.1, 0.15) is 43.7 Å². The van der Waals surface area contributed by atoms with Gasteiger partial charge in [0.1, 0.15) is 0 Å². The first-order chi connectivity index (χ1) is 17.5. The summed E-state index contributed by atoms with van der Waals surface area (Å²) < 4.78 is 27.9. The van der Waals surface area contributed by atoms with Crippen molar-refractivity contribution in [3.05, 3.63) is 36.0 Å². The number of hydrogen-bond donors (Lipinski definition) is 1. The maximum Gasteiger partial charge on any atom is 0.251 e. The second-order valence-corrected chi connectivity index (χ2v) is 11.5. The van der Waals surface area contributed by atoms with E-state index in [1.54, 1.807) is 9.42 Å². The molecule has 1 aliphatic carbocycles. The van der Waals surface area contributed by atoms with Crippen LogP contribution in [0.2, 0.25) is 0 Å². The van der Waals surface area contributed by atoms with E-state index in [9.17, 15) is 13.6 Å². The van der Waals surface area contributed by atoms with Crippen molar-refractivity contribution < 1.29 is 13.6 Å². The summed E-state index contributed by atoms with van der Waals surface area (Å²) in [7, 11) is 0. The molecule has 2 fully saturated rings. The van der Waals surface area contributed by atoms with E-state index in [4.69, 9.17) is 5.10 Å². The van der Waals surface area contributed by atoms with Crippen LogP contribution in [0.4, 0.5) is 13.9 Å². The number of hydrogen-bond acceptors (Lipinski definition) is 8. The summed E-state index contributed by atoms with van der Waals surface area (Å²) in [4.78, 5) is 19.9. The van der Waals surface area contributed by atoms with Crippen molar-refractivity contribution in [1.29, 1.82) is 0 Å². The lowest BCUT2D eigenvalue weighted by Crippen LogP contribution is -2.37. The largest absolute Gasteiger partial charge is 0.302 e. The molecule has 3 aromatic heterocycles. The molecule has 1 amide bonds. The molecule has 1 saturated carbocycles. The van der Waals surface area contributed by atoms with Gasteiger partial charge in [-0.1, -0.05) is 11.3 Å². The molecule has 12 heteroatoms. The Morgan fingerprint density at radius 2 is 1.97 bits per heavy atom. The third kappa shape index (κ3) is 5.35. The first kappa shape index (κ1) is 23.7. The molecule has 1 aliphatic heterocycles. The molecule has 36 heavy (non-hydrogen) atoms. The fourth-order valence-corrected chi connectivity index (χ4v) is 6.39. The molecule has 0 bridgehead atoms. The van der Waals surface area contributed by atoms with Crippen LogP contribution >= 0.6 is 23.1 Å². The smallest absolute Gasteiger partial charge is 0.251 e. The van der Waals surface area contributed by atoms with Gasteiger partial charge in [-0.05, 0) is 86.8 Å². The predicted molar refractivity (Wildman–Crippen MR) is 135 cm³/mol. The molecule has 1 N–H and O–H groups in total. The number of alkyl halides is 2. The molecule has 4 heterocycles. The number of carbonyl (C=O) groups excluding carboxylic acids is 1. The second-order valence-electron chi connectivity index (χ2n) is 9.42. The molecule has 0 radical (unpaired) electrons. The predicted octanol–water partition coefficient (Wildman–Crippen LogP) is 5.07. The van der Waals surface area contributed by atoms with Gasteiger partial charge in [-0.15, -0.1) is 10.2 Å². The number of nitrogens with zero attached hydrogens (tertiary/aromatic N) is 6. The molecular weight excluding hydrogens is 504 g/mol. The summed E-state index contributed by atoms with van der Waals surface area (Å²) in [5.74, 6) is 0.682. The second kappa shape index (κ2) is 9.98. The van der Waals surface area contributed by atoms with Crippen LogP contribution in [-0.4, -0.2) is 61.7 Å². The van der Waals surface area contributed by atoms with Crippen LogP contribution in [-0.2, 0) is 4.79 Å². The van der Waals surface area contributed by atoms with Crippen LogP contribution in [0.25, 0.3) is 15.9 Å². The molecule has 4 aromatic rings. The van der Waals surface area contributed by atoms with Crippen LogP contribution < -0.4 is 5.32 Å². The third-order valence-corrected chi connectivity index (χ3v) is 8.50. The number of aromatic nitrogens is 5. The molecule has 188 valence electrons. The Morgan fingerprint density at radius 1 is 1.14 bits per heavy atom. The molecular formula is C24H25F2N7OS2. The zero-order valence-corrected chi connectivity index (χ0v) is 21.1. The molecule has 6 rings (SSSR count). The zero-order valence-electron chi connectivity index (χ0n) is 19.4. The van der Waals surface area contributed by atoms with Crippen molar-refractivity contribution in [2.75, 3.05) is 25.0 Å². The van der Waals surface area contributed by atoms with Gasteiger partial charge in [-0.3, -0.25) is 9.69 Å². The zero-order chi connectivity index (χ0) is 24.6. The van der Waals surface area contributed by atoms with Gasteiger partial charge in [0.15, 0.2) is 10.8 Å². The topological polar surface area (TPSA) is 88.3 Å². The summed E-state index contributed by atoms with van der Waals surface area (Å²) in [6.45, 7) is 1.04. The van der Waals surface area contributed by atoms with Gasteiger partial charge in [-0.25, -0.2) is 13.8 Å². The number of nitrogens with one attached hydrogen (secondary N) is 1. The van der Waals surface area contributed by atoms with Gasteiger partial charge >= 0.3 is 0 Å². The Kier molecular flexibility index (Phi) is 6.57. The Labute approximate surface area is 214 Å². The summed E-state index contributed by atoms with van der Waals surface area (Å²) >= 11 is 2.93. The Hall–Kier alpha value is -2.70. The maximum absolute atomic E-state index is 12.6. The monoisotopic (exact) mass is 529 g/mol. The van der Waals surface area contributed by atoms with Crippen molar-refractivity contribution in [2.24, 2.45) is 5.92 Å². The van der Waals surface area contributed by atoms with E-state index in [0.717, 1.165) is 39.3 Å². The van der Waals surface area contributed by atoms with E-state index in [2.05, 4.69) is 20.5 Å².